The topological polar surface area (TPSA) is 55.1 Å². The van der Waals surface area contributed by atoms with Crippen molar-refractivity contribution in [1.29, 1.82) is 0 Å². The number of aryl methyl sites for hydroxylation is 2. The summed E-state index contributed by atoms with van der Waals surface area (Å²) in [6, 6.07) is 6.55. The summed E-state index contributed by atoms with van der Waals surface area (Å²) in [7, 11) is 0. The van der Waals surface area contributed by atoms with Crippen LogP contribution in [-0.2, 0) is 4.79 Å². The number of benzene rings is 1. The molecule has 1 aromatic rings. The van der Waals surface area contributed by atoms with Gasteiger partial charge < -0.3 is 11.1 Å². The van der Waals surface area contributed by atoms with Gasteiger partial charge in [-0.15, -0.1) is 11.8 Å². The van der Waals surface area contributed by atoms with Crippen LogP contribution in [0.15, 0.2) is 23.1 Å². The maximum Gasteiger partial charge on any atom is 0.237 e. The lowest BCUT2D eigenvalue weighted by atomic mass is 9.97. The van der Waals surface area contributed by atoms with Crippen molar-refractivity contribution in [3.05, 3.63) is 29.3 Å². The highest BCUT2D eigenvalue weighted by molar-refractivity contribution is 8.00. The number of thioether (sulfide) groups is 1. The third-order valence-electron chi connectivity index (χ3n) is 4.08. The normalized spacial score (nSPS) is 25.9. The zero-order valence-corrected chi connectivity index (χ0v) is 13.3. The van der Waals surface area contributed by atoms with Gasteiger partial charge >= 0.3 is 0 Å². The molecule has 1 amide bonds. The van der Waals surface area contributed by atoms with E-state index in [0.717, 1.165) is 25.8 Å². The van der Waals surface area contributed by atoms with E-state index >= 15 is 0 Å². The highest BCUT2D eigenvalue weighted by Crippen LogP contribution is 2.41. The summed E-state index contributed by atoms with van der Waals surface area (Å²) in [5.41, 5.74) is 7.72. The summed E-state index contributed by atoms with van der Waals surface area (Å²) in [5.74, 6) is -0.205. The van der Waals surface area contributed by atoms with Crippen LogP contribution in [0.4, 0.5) is 0 Å². The number of amides is 1. The van der Waals surface area contributed by atoms with E-state index in [4.69, 9.17) is 5.73 Å². The van der Waals surface area contributed by atoms with Crippen LogP contribution in [0.2, 0.25) is 0 Å². The molecule has 1 fully saturated rings. The molecule has 0 radical (unpaired) electrons. The lowest BCUT2D eigenvalue weighted by Crippen LogP contribution is -2.53. The smallest absolute Gasteiger partial charge is 0.237 e. The van der Waals surface area contributed by atoms with Crippen molar-refractivity contribution in [2.45, 2.75) is 55.7 Å². The minimum Gasteiger partial charge on any atom is -0.368 e. The van der Waals surface area contributed by atoms with Crippen LogP contribution in [0.5, 0.6) is 0 Å². The summed E-state index contributed by atoms with van der Waals surface area (Å²) in [6.07, 6.45) is 2.71. The molecule has 0 bridgehead atoms. The molecule has 4 heteroatoms. The first-order chi connectivity index (χ1) is 9.47. The van der Waals surface area contributed by atoms with Gasteiger partial charge in [0.25, 0.3) is 0 Å². The molecule has 0 saturated heterocycles. The molecule has 0 aromatic heterocycles. The Morgan fingerprint density at radius 3 is 2.85 bits per heavy atom. The number of carbonyl (C=O) groups excluding carboxylic acids is 1. The Labute approximate surface area is 125 Å². The summed E-state index contributed by atoms with van der Waals surface area (Å²) in [4.78, 5) is 13.1. The number of rotatable bonds is 5. The molecule has 1 saturated carbocycles. The van der Waals surface area contributed by atoms with E-state index in [2.05, 4.69) is 37.4 Å². The summed E-state index contributed by atoms with van der Waals surface area (Å²) >= 11 is 1.88. The molecule has 1 aromatic carbocycles. The van der Waals surface area contributed by atoms with Gasteiger partial charge in [-0.1, -0.05) is 24.6 Å². The summed E-state index contributed by atoms with van der Waals surface area (Å²) in [6.45, 7) is 7.06. The van der Waals surface area contributed by atoms with E-state index in [1.807, 2.05) is 18.7 Å². The number of nitrogens with one attached hydrogen (secondary N) is 1. The van der Waals surface area contributed by atoms with E-state index in [1.54, 1.807) is 0 Å². The molecule has 3 nitrogen and oxygen atoms in total. The van der Waals surface area contributed by atoms with E-state index < -0.39 is 5.54 Å². The average molecular weight is 292 g/mol. The summed E-state index contributed by atoms with van der Waals surface area (Å²) in [5, 5.41) is 3.77. The second kappa shape index (κ2) is 6.19. The quantitative estimate of drug-likeness (QED) is 0.877. The SMILES string of the molecule is CCNC1(C(N)=O)CCC(Sc2ccc(C)cc2C)C1. The number of likely N-dealkylation sites (N-methyl/N-ethyl adjacent to an activating group) is 1. The first kappa shape index (κ1) is 15.4. The van der Waals surface area contributed by atoms with Crippen molar-refractivity contribution in [1.82, 2.24) is 5.32 Å². The van der Waals surface area contributed by atoms with Crippen LogP contribution in [-0.4, -0.2) is 23.2 Å². The number of carbonyl (C=O) groups is 1. The predicted molar refractivity (Wildman–Crippen MR) is 85.0 cm³/mol. The molecule has 20 heavy (non-hydrogen) atoms. The molecular formula is C16H24N2OS. The Bertz CT molecular complexity index is 503. The van der Waals surface area contributed by atoms with Crippen molar-refractivity contribution in [2.75, 3.05) is 6.54 Å². The molecule has 0 spiro atoms. The van der Waals surface area contributed by atoms with E-state index in [-0.39, 0.29) is 5.91 Å². The van der Waals surface area contributed by atoms with Gasteiger partial charge in [-0.2, -0.15) is 0 Å². The molecule has 1 aliphatic rings. The van der Waals surface area contributed by atoms with E-state index in [9.17, 15) is 4.79 Å². The minimum absolute atomic E-state index is 0.205. The van der Waals surface area contributed by atoms with Gasteiger partial charge in [-0.05, 0) is 51.3 Å². The number of hydrogen-bond donors (Lipinski definition) is 2. The Kier molecular flexibility index (Phi) is 4.76. The second-order valence-electron chi connectivity index (χ2n) is 5.73. The fraction of sp³-hybridized carbons (Fsp3) is 0.562. The van der Waals surface area contributed by atoms with Crippen molar-refractivity contribution in [3.63, 3.8) is 0 Å². The molecule has 0 aliphatic heterocycles. The van der Waals surface area contributed by atoms with E-state index in [1.165, 1.54) is 16.0 Å². The van der Waals surface area contributed by atoms with Gasteiger partial charge in [-0.3, -0.25) is 4.79 Å². The molecule has 2 unspecified atom stereocenters. The average Bonchev–Trinajstić information content (AvgIpc) is 2.78. The van der Waals surface area contributed by atoms with Gasteiger partial charge in [0.05, 0.1) is 5.54 Å². The molecule has 0 heterocycles. The van der Waals surface area contributed by atoms with Gasteiger partial charge in [0.2, 0.25) is 5.91 Å². The zero-order chi connectivity index (χ0) is 14.8. The monoisotopic (exact) mass is 292 g/mol. The van der Waals surface area contributed by atoms with Crippen LogP contribution in [0.1, 0.15) is 37.3 Å². The number of primary amides is 1. The molecule has 2 atom stereocenters. The van der Waals surface area contributed by atoms with Crippen molar-refractivity contribution in [2.24, 2.45) is 5.73 Å². The zero-order valence-electron chi connectivity index (χ0n) is 12.5. The first-order valence-electron chi connectivity index (χ1n) is 7.25. The first-order valence-corrected chi connectivity index (χ1v) is 8.13. The molecular weight excluding hydrogens is 268 g/mol. The van der Waals surface area contributed by atoms with Crippen LogP contribution < -0.4 is 11.1 Å². The fourth-order valence-electron chi connectivity index (χ4n) is 3.02. The Hall–Kier alpha value is -1.00. The van der Waals surface area contributed by atoms with Crippen LogP contribution in [0, 0.1) is 13.8 Å². The van der Waals surface area contributed by atoms with Crippen molar-refractivity contribution < 1.29 is 4.79 Å². The standard InChI is InChI=1S/C16H24N2OS/c1-4-18-16(15(17)19)8-7-13(10-16)20-14-6-5-11(2)9-12(14)3/h5-6,9,13,18H,4,7-8,10H2,1-3H3,(H2,17,19). The van der Waals surface area contributed by atoms with Crippen molar-refractivity contribution in [3.8, 4) is 0 Å². The highest BCUT2D eigenvalue weighted by Gasteiger charge is 2.43. The van der Waals surface area contributed by atoms with Crippen LogP contribution in [0.25, 0.3) is 0 Å². The Morgan fingerprint density at radius 2 is 2.25 bits per heavy atom. The number of nitrogens with two attached hydrogens (primary N) is 1. The molecule has 2 rings (SSSR count). The second-order valence-corrected chi connectivity index (χ2v) is 7.07. The van der Waals surface area contributed by atoms with Gasteiger partial charge in [-0.25, -0.2) is 0 Å². The largest absolute Gasteiger partial charge is 0.368 e. The van der Waals surface area contributed by atoms with Crippen LogP contribution >= 0.6 is 11.8 Å². The van der Waals surface area contributed by atoms with Gasteiger partial charge in [0.1, 0.15) is 0 Å². The van der Waals surface area contributed by atoms with E-state index in [0.29, 0.717) is 5.25 Å². The molecule has 110 valence electrons. The lowest BCUT2D eigenvalue weighted by Gasteiger charge is -2.26. The maximum absolute atomic E-state index is 11.8. The third kappa shape index (κ3) is 3.18. The van der Waals surface area contributed by atoms with Crippen LogP contribution in [0.3, 0.4) is 0 Å². The predicted octanol–water partition coefficient (Wildman–Crippen LogP) is 2.78. The lowest BCUT2D eigenvalue weighted by molar-refractivity contribution is -0.124. The number of hydrogen-bond acceptors (Lipinski definition) is 3. The van der Waals surface area contributed by atoms with Crippen molar-refractivity contribution >= 4 is 17.7 Å². The molecule has 1 aliphatic carbocycles. The summed E-state index contributed by atoms with van der Waals surface area (Å²) < 4.78 is 0. The minimum atomic E-state index is -0.495. The fourth-order valence-corrected chi connectivity index (χ4v) is 4.38. The highest BCUT2D eigenvalue weighted by atomic mass is 32.2. The van der Waals surface area contributed by atoms with Gasteiger partial charge in [0.15, 0.2) is 0 Å². The Balaban J connectivity index is 2.07. The third-order valence-corrected chi connectivity index (χ3v) is 5.53. The Morgan fingerprint density at radius 1 is 1.50 bits per heavy atom. The van der Waals surface area contributed by atoms with Gasteiger partial charge in [0, 0.05) is 10.1 Å². The molecule has 3 N–H and O–H groups in total. The maximum atomic E-state index is 11.8.